The number of thioether (sulfide) groups is 2. The first-order chi connectivity index (χ1) is 12.7. The normalized spacial score (nSPS) is 16.0. The third kappa shape index (κ3) is 3.85. The third-order valence-electron chi connectivity index (χ3n) is 4.60. The van der Waals surface area contributed by atoms with Gasteiger partial charge in [0.15, 0.2) is 0 Å². The summed E-state index contributed by atoms with van der Waals surface area (Å²) in [6, 6.07) is 26.8. The molecule has 1 aliphatic heterocycles. The summed E-state index contributed by atoms with van der Waals surface area (Å²) in [4.78, 5) is 4.94. The van der Waals surface area contributed by atoms with Gasteiger partial charge in [-0.05, 0) is 54.5 Å². The molecule has 0 saturated carbocycles. The smallest absolute Gasteiger partial charge is 0.0607 e. The Morgan fingerprint density at radius 3 is 2.35 bits per heavy atom. The molecule has 1 atom stereocenters. The maximum Gasteiger partial charge on any atom is 0.0607 e. The first-order valence-corrected chi connectivity index (χ1v) is 10.8. The van der Waals surface area contributed by atoms with Crippen LogP contribution in [0.4, 0.5) is 0 Å². The predicted molar refractivity (Wildman–Crippen MR) is 114 cm³/mol. The van der Waals surface area contributed by atoms with Crippen molar-refractivity contribution in [3.05, 3.63) is 95.1 Å². The zero-order valence-corrected chi connectivity index (χ0v) is 16.8. The Morgan fingerprint density at radius 1 is 0.885 bits per heavy atom. The second-order valence-corrected chi connectivity index (χ2v) is 9.10. The van der Waals surface area contributed by atoms with Crippen LogP contribution in [0, 0.1) is 0 Å². The van der Waals surface area contributed by atoms with Gasteiger partial charge in [-0.3, -0.25) is 0 Å². The van der Waals surface area contributed by atoms with Crippen molar-refractivity contribution in [3.8, 4) is 0 Å². The predicted octanol–water partition coefficient (Wildman–Crippen LogP) is 6.24. The molecule has 1 aliphatic rings. The molecule has 4 rings (SSSR count). The molecule has 0 bridgehead atoms. The SMILES string of the molecule is CN(C)Cc1ccc(SC2c3ccccc3CSc3ccccc32)cc1. The van der Waals surface area contributed by atoms with E-state index in [1.165, 1.54) is 32.0 Å². The largest absolute Gasteiger partial charge is 0.305 e. The van der Waals surface area contributed by atoms with Gasteiger partial charge in [-0.2, -0.15) is 0 Å². The minimum atomic E-state index is 0.345. The molecule has 3 aromatic rings. The van der Waals surface area contributed by atoms with Gasteiger partial charge in [0, 0.05) is 22.1 Å². The van der Waals surface area contributed by atoms with Gasteiger partial charge in [-0.1, -0.05) is 54.6 Å². The van der Waals surface area contributed by atoms with Crippen LogP contribution in [0.1, 0.15) is 27.5 Å². The highest BCUT2D eigenvalue weighted by Crippen LogP contribution is 2.48. The summed E-state index contributed by atoms with van der Waals surface area (Å²) in [5.41, 5.74) is 5.70. The molecule has 0 radical (unpaired) electrons. The standard InChI is InChI=1S/C23H23NS2/c1-24(2)15-17-11-13-19(14-12-17)26-23-20-8-4-3-7-18(20)16-25-22-10-6-5-9-21(22)23/h3-14,23H,15-16H2,1-2H3. The van der Waals surface area contributed by atoms with Gasteiger partial charge in [0.1, 0.15) is 0 Å². The quantitative estimate of drug-likeness (QED) is 0.530. The number of hydrogen-bond donors (Lipinski definition) is 0. The van der Waals surface area contributed by atoms with Crippen molar-refractivity contribution < 1.29 is 0 Å². The van der Waals surface area contributed by atoms with E-state index in [1.807, 2.05) is 23.5 Å². The van der Waals surface area contributed by atoms with E-state index in [9.17, 15) is 0 Å². The summed E-state index contributed by atoms with van der Waals surface area (Å²) in [7, 11) is 4.22. The van der Waals surface area contributed by atoms with Crippen molar-refractivity contribution in [2.45, 2.75) is 27.3 Å². The summed E-state index contributed by atoms with van der Waals surface area (Å²) in [6.07, 6.45) is 0. The number of fused-ring (bicyclic) bond motifs is 2. The van der Waals surface area contributed by atoms with Crippen molar-refractivity contribution in [2.75, 3.05) is 14.1 Å². The van der Waals surface area contributed by atoms with Crippen molar-refractivity contribution in [2.24, 2.45) is 0 Å². The monoisotopic (exact) mass is 377 g/mol. The summed E-state index contributed by atoms with van der Waals surface area (Å²) in [6.45, 7) is 0.983. The van der Waals surface area contributed by atoms with E-state index in [2.05, 4.69) is 91.8 Å². The van der Waals surface area contributed by atoms with Crippen LogP contribution in [-0.2, 0) is 12.3 Å². The highest BCUT2D eigenvalue weighted by Gasteiger charge is 2.24. The van der Waals surface area contributed by atoms with Gasteiger partial charge in [0.05, 0.1) is 5.25 Å². The zero-order valence-electron chi connectivity index (χ0n) is 15.2. The lowest BCUT2D eigenvalue weighted by atomic mass is 10.0. The third-order valence-corrected chi connectivity index (χ3v) is 7.02. The van der Waals surface area contributed by atoms with E-state index < -0.39 is 0 Å². The Morgan fingerprint density at radius 2 is 1.58 bits per heavy atom. The lowest BCUT2D eigenvalue weighted by Crippen LogP contribution is -2.10. The summed E-state index contributed by atoms with van der Waals surface area (Å²) >= 11 is 3.92. The second-order valence-electron chi connectivity index (χ2n) is 6.90. The average Bonchev–Trinajstić information content (AvgIpc) is 2.81. The zero-order chi connectivity index (χ0) is 17.9. The minimum Gasteiger partial charge on any atom is -0.305 e. The first kappa shape index (κ1) is 17.7. The van der Waals surface area contributed by atoms with E-state index in [1.54, 1.807) is 0 Å². The van der Waals surface area contributed by atoms with Crippen molar-refractivity contribution >= 4 is 23.5 Å². The molecule has 26 heavy (non-hydrogen) atoms. The first-order valence-electron chi connectivity index (χ1n) is 8.90. The van der Waals surface area contributed by atoms with E-state index in [0.717, 1.165) is 12.3 Å². The lowest BCUT2D eigenvalue weighted by molar-refractivity contribution is 0.402. The molecule has 0 fully saturated rings. The molecule has 0 N–H and O–H groups in total. The molecule has 3 heteroatoms. The van der Waals surface area contributed by atoms with Crippen LogP contribution in [0.25, 0.3) is 0 Å². The van der Waals surface area contributed by atoms with Gasteiger partial charge in [0.25, 0.3) is 0 Å². The molecular formula is C23H23NS2. The fraction of sp³-hybridized carbons (Fsp3) is 0.217. The van der Waals surface area contributed by atoms with E-state index in [4.69, 9.17) is 0 Å². The lowest BCUT2D eigenvalue weighted by Gasteiger charge is -2.20. The van der Waals surface area contributed by atoms with Gasteiger partial charge in [-0.25, -0.2) is 0 Å². The summed E-state index contributed by atoms with van der Waals surface area (Å²) in [5.74, 6) is 1.05. The summed E-state index contributed by atoms with van der Waals surface area (Å²) in [5, 5.41) is 0.345. The molecule has 1 nitrogen and oxygen atoms in total. The molecule has 3 aromatic carbocycles. The van der Waals surface area contributed by atoms with Crippen LogP contribution >= 0.6 is 23.5 Å². The number of hydrogen-bond acceptors (Lipinski definition) is 3. The Kier molecular flexibility index (Phi) is 5.39. The molecule has 1 heterocycles. The topological polar surface area (TPSA) is 3.24 Å². The highest BCUT2D eigenvalue weighted by molar-refractivity contribution is 8.00. The number of benzene rings is 3. The fourth-order valence-corrected chi connectivity index (χ4v) is 5.81. The maximum atomic E-state index is 2.30. The Labute approximate surface area is 164 Å². The van der Waals surface area contributed by atoms with Crippen LogP contribution < -0.4 is 0 Å². The van der Waals surface area contributed by atoms with Crippen LogP contribution in [0.5, 0.6) is 0 Å². The van der Waals surface area contributed by atoms with E-state index in [-0.39, 0.29) is 0 Å². The van der Waals surface area contributed by atoms with Crippen molar-refractivity contribution in [1.29, 1.82) is 0 Å². The average molecular weight is 378 g/mol. The van der Waals surface area contributed by atoms with Gasteiger partial charge < -0.3 is 4.90 Å². The molecule has 1 unspecified atom stereocenters. The molecule has 0 saturated heterocycles. The van der Waals surface area contributed by atoms with Crippen LogP contribution in [-0.4, -0.2) is 19.0 Å². The number of rotatable bonds is 4. The fourth-order valence-electron chi connectivity index (χ4n) is 3.37. The van der Waals surface area contributed by atoms with E-state index in [0.29, 0.717) is 5.25 Å². The minimum absolute atomic E-state index is 0.345. The maximum absolute atomic E-state index is 2.30. The van der Waals surface area contributed by atoms with Gasteiger partial charge in [-0.15, -0.1) is 23.5 Å². The van der Waals surface area contributed by atoms with E-state index >= 15 is 0 Å². The Balaban J connectivity index is 1.69. The van der Waals surface area contributed by atoms with Crippen LogP contribution in [0.3, 0.4) is 0 Å². The molecule has 0 aromatic heterocycles. The van der Waals surface area contributed by atoms with Crippen molar-refractivity contribution in [3.63, 3.8) is 0 Å². The highest BCUT2D eigenvalue weighted by atomic mass is 32.2. The number of nitrogens with zero attached hydrogens (tertiary/aromatic N) is 1. The van der Waals surface area contributed by atoms with Crippen LogP contribution in [0.15, 0.2) is 82.6 Å². The Bertz CT molecular complexity index is 839. The summed E-state index contributed by atoms with van der Waals surface area (Å²) < 4.78 is 0. The molecule has 0 spiro atoms. The molecule has 0 amide bonds. The van der Waals surface area contributed by atoms with Gasteiger partial charge in [0.2, 0.25) is 0 Å². The molecule has 132 valence electrons. The van der Waals surface area contributed by atoms with Crippen LogP contribution in [0.2, 0.25) is 0 Å². The second kappa shape index (κ2) is 7.91. The van der Waals surface area contributed by atoms with Crippen molar-refractivity contribution in [1.82, 2.24) is 4.90 Å². The van der Waals surface area contributed by atoms with Gasteiger partial charge >= 0.3 is 0 Å². The Hall–Kier alpha value is -1.68. The molecule has 0 aliphatic carbocycles. The molecular weight excluding hydrogens is 354 g/mol.